The second-order valence-corrected chi connectivity index (χ2v) is 27.9. The zero-order chi connectivity index (χ0) is 75.5. The molecule has 4 aliphatic heterocycles. The lowest BCUT2D eigenvalue weighted by Crippen LogP contribution is -2.71. The Morgan fingerprint density at radius 1 is 0.519 bits per heavy atom. The van der Waals surface area contributed by atoms with E-state index in [-0.39, 0.29) is 24.6 Å². The van der Waals surface area contributed by atoms with Crippen LogP contribution >= 0.6 is 0 Å². The van der Waals surface area contributed by atoms with E-state index in [9.17, 15) is 106 Å². The molecule has 610 valence electrons. The zero-order valence-corrected chi connectivity index (χ0v) is 61.5. The number of hydrogen-bond acceptors (Lipinski definition) is 29. The highest BCUT2D eigenvalue weighted by Gasteiger charge is 2.61. The van der Waals surface area contributed by atoms with E-state index in [2.05, 4.69) is 29.8 Å². The Morgan fingerprint density at radius 2 is 0.952 bits per heavy atom. The van der Waals surface area contributed by atoms with Gasteiger partial charge in [0.25, 0.3) is 11.6 Å². The van der Waals surface area contributed by atoms with E-state index >= 15 is 0 Å². The normalized spacial score (nSPS) is 31.1. The lowest BCUT2D eigenvalue weighted by molar-refractivity contribution is -0.386. The lowest BCUT2D eigenvalue weighted by atomic mass is 9.87. The fraction of sp³-hybridized carbons (Fsp3) is 0.900. The molecule has 0 saturated carbocycles. The Morgan fingerprint density at radius 3 is 1.40 bits per heavy atom. The summed E-state index contributed by atoms with van der Waals surface area (Å²) < 4.78 is 46.1. The molecule has 0 aliphatic carbocycles. The Labute approximate surface area is 611 Å². The van der Waals surface area contributed by atoms with Crippen molar-refractivity contribution in [3.8, 4) is 0 Å². The third kappa shape index (κ3) is 30.5. The van der Waals surface area contributed by atoms with Gasteiger partial charge in [-0.25, -0.2) is 9.59 Å². The van der Waals surface area contributed by atoms with Gasteiger partial charge in [0.2, 0.25) is 17.7 Å². The quantitative estimate of drug-likeness (QED) is 0.0294. The van der Waals surface area contributed by atoms with E-state index < -0.39 is 216 Å². The average Bonchev–Trinajstić information content (AvgIpc) is 0.758. The first-order chi connectivity index (χ1) is 48.7. The monoisotopic (exact) mass is 1510 g/mol. The fourth-order valence-corrected chi connectivity index (χ4v) is 13.4. The highest BCUT2D eigenvalue weighted by molar-refractivity contribution is 5.78. The standard InChI is InChI=1S/C70H125N3O29.2H3N/c1-5-7-9-11-13-15-17-19-20-22-24-26-28-30-32-34-52(84)73-44(45(79)33-31-29-27-25-23-21-18-16-14-12-10-8-6-2)40-95-65-59(89)58(88)61(51(39-76)98-65)99-66-60(90)64(57(87)50(38-75)97-66)102-70(68(93)94)36-47(81)54(72-43(4)78)63(101-70)56(86)49(83)41-96-69(67(91)92)35-46(80)53(71-42(3)77)62(100-69)55(85)48(82)37-74;;/h31,33,44-51,53-66,74-76,79-83,85-90H,5-30,32,34-41H2,1-4H3,(H,71,77)(H,72,78)(H,73,84)(H,91,92)(H,93,94);2*1H3/b33-31+;;/t44-,45+,46-,47-,48+,49+,50+,51+,53+,54+,55+,56+,57-,58+,59+,60+,61+,62+,63+,64-,65+,66-,69+,70-;;/m0../s1. The Hall–Kier alpha value is -3.87. The summed E-state index contributed by atoms with van der Waals surface area (Å²) in [6, 6.07) is -4.60. The first kappa shape index (κ1) is 96.2. The number of carbonyl (C=O) groups excluding carboxylic acids is 3. The Balaban J connectivity index is 0.0000184. The number of carbonyl (C=O) groups is 5. The molecule has 0 radical (unpaired) electrons. The molecule has 0 spiro atoms. The number of aliphatic carboxylic acids is 2. The molecule has 0 unspecified atom stereocenters. The predicted molar refractivity (Wildman–Crippen MR) is 373 cm³/mol. The molecule has 25 N–H and O–H groups in total. The summed E-state index contributed by atoms with van der Waals surface area (Å²) in [5.74, 6) is -12.7. The van der Waals surface area contributed by atoms with E-state index in [0.717, 1.165) is 65.2 Å². The van der Waals surface area contributed by atoms with E-state index in [4.69, 9.17) is 37.9 Å². The van der Waals surface area contributed by atoms with Crippen molar-refractivity contribution in [2.45, 2.75) is 366 Å². The van der Waals surface area contributed by atoms with Crippen molar-refractivity contribution in [2.75, 3.05) is 33.0 Å². The van der Waals surface area contributed by atoms with E-state index in [1.54, 1.807) is 6.08 Å². The maximum absolute atomic E-state index is 13.5. The second kappa shape index (κ2) is 50.8. The molecule has 104 heavy (non-hydrogen) atoms. The molecule has 4 aliphatic rings. The summed E-state index contributed by atoms with van der Waals surface area (Å²) in [5, 5.41) is 184. The van der Waals surface area contributed by atoms with Gasteiger partial charge in [-0.3, -0.25) is 14.4 Å². The van der Waals surface area contributed by atoms with Crippen molar-refractivity contribution >= 4 is 29.7 Å². The minimum absolute atomic E-state index is 0. The molecular weight excluding hydrogens is 1370 g/mol. The van der Waals surface area contributed by atoms with Crippen LogP contribution in [0.25, 0.3) is 0 Å². The van der Waals surface area contributed by atoms with Crippen LogP contribution in [0.5, 0.6) is 0 Å². The van der Waals surface area contributed by atoms with Crippen LogP contribution in [0.2, 0.25) is 0 Å². The van der Waals surface area contributed by atoms with Crippen molar-refractivity contribution in [2.24, 2.45) is 0 Å². The van der Waals surface area contributed by atoms with E-state index in [1.807, 2.05) is 6.08 Å². The van der Waals surface area contributed by atoms with Gasteiger partial charge in [0, 0.05) is 33.1 Å². The Bertz CT molecular complexity index is 2410. The largest absolute Gasteiger partial charge is 0.477 e. The van der Waals surface area contributed by atoms with Gasteiger partial charge >= 0.3 is 11.9 Å². The van der Waals surface area contributed by atoms with Gasteiger partial charge in [-0.2, -0.15) is 0 Å². The summed E-state index contributed by atoms with van der Waals surface area (Å²) in [6.45, 7) is 1.30. The van der Waals surface area contributed by atoms with Gasteiger partial charge < -0.3 is 148 Å². The van der Waals surface area contributed by atoms with Crippen molar-refractivity contribution in [3.05, 3.63) is 12.2 Å². The molecule has 0 aromatic heterocycles. The van der Waals surface area contributed by atoms with Gasteiger partial charge in [0.15, 0.2) is 12.6 Å². The minimum atomic E-state index is -3.34. The second-order valence-electron chi connectivity index (χ2n) is 27.9. The molecule has 3 amide bonds. The first-order valence-corrected chi connectivity index (χ1v) is 37.2. The number of carboxylic acids is 2. The van der Waals surface area contributed by atoms with Crippen molar-refractivity contribution in [1.82, 2.24) is 28.3 Å². The predicted octanol–water partition coefficient (Wildman–Crippen LogP) is 0.663. The first-order valence-electron chi connectivity index (χ1n) is 37.2. The van der Waals surface area contributed by atoms with Crippen LogP contribution in [0.3, 0.4) is 0 Å². The molecule has 0 bridgehead atoms. The minimum Gasteiger partial charge on any atom is -0.477 e. The number of amides is 3. The highest BCUT2D eigenvalue weighted by atomic mass is 16.8. The zero-order valence-electron chi connectivity index (χ0n) is 61.5. The van der Waals surface area contributed by atoms with Gasteiger partial charge in [-0.15, -0.1) is 0 Å². The van der Waals surface area contributed by atoms with Gasteiger partial charge in [0.1, 0.15) is 85.5 Å². The molecule has 34 heteroatoms. The van der Waals surface area contributed by atoms with Crippen LogP contribution < -0.4 is 28.3 Å². The molecule has 34 nitrogen and oxygen atoms in total. The van der Waals surface area contributed by atoms with E-state index in [0.29, 0.717) is 12.8 Å². The number of aliphatic hydroxyl groups excluding tert-OH is 14. The Kier molecular flexibility index (Phi) is 47.0. The van der Waals surface area contributed by atoms with E-state index in [1.165, 1.54) is 109 Å². The molecule has 0 aromatic rings. The number of rotatable bonds is 52. The van der Waals surface area contributed by atoms with Crippen LogP contribution in [0.1, 0.15) is 220 Å². The van der Waals surface area contributed by atoms with Crippen LogP contribution in [0, 0.1) is 0 Å². The number of aliphatic hydroxyl groups is 14. The molecule has 4 fully saturated rings. The van der Waals surface area contributed by atoms with Crippen LogP contribution in [-0.2, 0) is 61.9 Å². The van der Waals surface area contributed by atoms with Gasteiger partial charge in [-0.05, 0) is 19.3 Å². The van der Waals surface area contributed by atoms with Crippen molar-refractivity contribution in [3.63, 3.8) is 0 Å². The number of ether oxygens (including phenoxy) is 8. The third-order valence-electron chi connectivity index (χ3n) is 19.4. The summed E-state index contributed by atoms with van der Waals surface area (Å²) in [7, 11) is 0. The average molecular weight is 1510 g/mol. The van der Waals surface area contributed by atoms with Gasteiger partial charge in [-0.1, -0.05) is 180 Å². The summed E-state index contributed by atoms with van der Waals surface area (Å²) in [4.78, 5) is 64.4. The maximum atomic E-state index is 13.5. The topological polar surface area (TPSA) is 589 Å². The highest BCUT2D eigenvalue weighted by Crippen LogP contribution is 2.40. The molecule has 4 saturated heterocycles. The molecule has 24 atom stereocenters. The summed E-state index contributed by atoms with van der Waals surface area (Å²) >= 11 is 0. The molecule has 0 aromatic carbocycles. The number of hydrogen-bond donors (Lipinski definition) is 21. The number of allylic oxidation sites excluding steroid dienone is 1. The fourth-order valence-electron chi connectivity index (χ4n) is 13.4. The van der Waals surface area contributed by atoms with Crippen LogP contribution in [-0.4, -0.2) is 290 Å². The maximum Gasteiger partial charge on any atom is 0.364 e. The molecular formula is C70H131N5O29. The van der Waals surface area contributed by atoms with Crippen molar-refractivity contribution in [1.29, 1.82) is 0 Å². The number of unbranched alkanes of at least 4 members (excludes halogenated alkanes) is 25. The lowest BCUT2D eigenvalue weighted by Gasteiger charge is -2.50. The number of nitrogens with one attached hydrogen (secondary N) is 3. The number of carboxylic acid groups (broad SMARTS) is 2. The third-order valence-corrected chi connectivity index (χ3v) is 19.4. The summed E-state index contributed by atoms with van der Waals surface area (Å²) in [5.41, 5.74) is 0. The smallest absolute Gasteiger partial charge is 0.364 e. The summed E-state index contributed by atoms with van der Waals surface area (Å²) in [6.07, 6.45) is -7.62. The molecule has 4 heterocycles. The van der Waals surface area contributed by atoms with Crippen LogP contribution in [0.15, 0.2) is 12.2 Å². The van der Waals surface area contributed by atoms with Crippen molar-refractivity contribution < 1.29 is 144 Å². The SMILES string of the molecule is CCCCCCCCCCCCC/C=C/[C@@H](O)[C@H](CO[C@@H]1O[C@H](CO)[C@@H](O[C@@H]2O[C@H](CO)[C@H](O)[C@H](O[C@]3(C(=O)O)C[C@H](O)[C@@H](NC(C)=O)[C@H]([C@H](O)[C@H](O)CO[C@]4(C(=O)O)C[C@H](O)[C@@H](NC(C)=O)[C@H]([C@H](O)[C@H](O)CO)O4)O3)[C@H]2O)[C@H](O)[C@H]1O)NC(=O)CCCCCCCCCCCCCCCCC.N.N. The van der Waals surface area contributed by atoms with Gasteiger partial charge in [0.05, 0.1) is 69.5 Å². The van der Waals surface area contributed by atoms with Crippen LogP contribution in [0.4, 0.5) is 0 Å². The molecule has 4 rings (SSSR count).